The molecule has 1 fully saturated rings. The monoisotopic (exact) mass is 423 g/mol. The second-order valence-electron chi connectivity index (χ2n) is 7.56. The van der Waals surface area contributed by atoms with E-state index in [1.807, 2.05) is 60.7 Å². The van der Waals surface area contributed by atoms with Crippen molar-refractivity contribution in [1.29, 1.82) is 0 Å². The molecule has 4 N–H and O–H groups in total. The molecule has 1 aliphatic rings. The number of phenolic OH excluding ortho intramolecular Hbond substituents is 3. The summed E-state index contributed by atoms with van der Waals surface area (Å²) in [5.74, 6) is -0.947. The van der Waals surface area contributed by atoms with E-state index in [1.54, 1.807) is 0 Å². The SMILES string of the molecule is Oc1cc(O)c([C@@H]2[C@@H](OCc3ccccc3)[C@H](OCc3ccccc3)CN2O)c(O)c1. The second kappa shape index (κ2) is 9.36. The number of hydrogen-bond acceptors (Lipinski definition) is 7. The van der Waals surface area contributed by atoms with Crippen molar-refractivity contribution in [3.8, 4) is 17.2 Å². The van der Waals surface area contributed by atoms with Gasteiger partial charge in [-0.05, 0) is 11.1 Å². The van der Waals surface area contributed by atoms with Crippen LogP contribution in [0.5, 0.6) is 17.2 Å². The van der Waals surface area contributed by atoms with Crippen LogP contribution in [0.25, 0.3) is 0 Å². The molecule has 162 valence electrons. The Morgan fingerprint density at radius 1 is 0.774 bits per heavy atom. The molecule has 31 heavy (non-hydrogen) atoms. The van der Waals surface area contributed by atoms with Crippen molar-refractivity contribution >= 4 is 0 Å². The van der Waals surface area contributed by atoms with Crippen LogP contribution in [0.4, 0.5) is 0 Å². The zero-order valence-corrected chi connectivity index (χ0v) is 16.8. The minimum atomic E-state index is -0.884. The number of phenols is 3. The molecule has 0 aliphatic carbocycles. The van der Waals surface area contributed by atoms with Gasteiger partial charge in [-0.1, -0.05) is 60.7 Å². The number of ether oxygens (including phenoxy) is 2. The predicted octanol–water partition coefficient (Wildman–Crippen LogP) is 3.72. The van der Waals surface area contributed by atoms with Gasteiger partial charge in [0.1, 0.15) is 29.5 Å². The summed E-state index contributed by atoms with van der Waals surface area (Å²) in [6.07, 6.45) is -1.21. The van der Waals surface area contributed by atoms with Crippen molar-refractivity contribution in [3.05, 3.63) is 89.5 Å². The lowest BCUT2D eigenvalue weighted by Crippen LogP contribution is -2.32. The highest BCUT2D eigenvalue weighted by Gasteiger charge is 2.46. The third kappa shape index (κ3) is 4.81. The van der Waals surface area contributed by atoms with Crippen LogP contribution in [0.3, 0.4) is 0 Å². The van der Waals surface area contributed by atoms with Gasteiger partial charge in [0.2, 0.25) is 0 Å². The van der Waals surface area contributed by atoms with Crippen LogP contribution < -0.4 is 0 Å². The lowest BCUT2D eigenvalue weighted by atomic mass is 9.99. The first kappa shape index (κ1) is 21.1. The Morgan fingerprint density at radius 2 is 1.29 bits per heavy atom. The average Bonchev–Trinajstić information content (AvgIpc) is 3.06. The first-order valence-electron chi connectivity index (χ1n) is 10.0. The molecular weight excluding hydrogens is 398 g/mol. The topological polar surface area (TPSA) is 103 Å². The van der Waals surface area contributed by atoms with Gasteiger partial charge in [0.25, 0.3) is 0 Å². The lowest BCUT2D eigenvalue weighted by molar-refractivity contribution is -0.127. The Hall–Kier alpha value is -3.10. The summed E-state index contributed by atoms with van der Waals surface area (Å²) in [5.41, 5.74) is 2.00. The number of aromatic hydroxyl groups is 3. The predicted molar refractivity (Wildman–Crippen MR) is 113 cm³/mol. The summed E-state index contributed by atoms with van der Waals surface area (Å²) in [6.45, 7) is 0.710. The molecule has 0 saturated carbocycles. The Labute approximate surface area is 180 Å². The summed E-state index contributed by atoms with van der Waals surface area (Å²) in [5, 5.41) is 42.1. The van der Waals surface area contributed by atoms with Crippen LogP contribution in [0.15, 0.2) is 72.8 Å². The van der Waals surface area contributed by atoms with Gasteiger partial charge in [-0.25, -0.2) is 0 Å². The Kier molecular flexibility index (Phi) is 6.39. The molecule has 1 heterocycles. The van der Waals surface area contributed by atoms with Gasteiger partial charge in [-0.2, -0.15) is 5.06 Å². The van der Waals surface area contributed by atoms with Crippen LogP contribution >= 0.6 is 0 Å². The third-order valence-electron chi connectivity index (χ3n) is 5.37. The van der Waals surface area contributed by atoms with Crippen LogP contribution in [0.2, 0.25) is 0 Å². The number of nitrogens with zero attached hydrogens (tertiary/aromatic N) is 1. The molecule has 1 aliphatic heterocycles. The molecule has 3 aromatic carbocycles. The van der Waals surface area contributed by atoms with E-state index < -0.39 is 18.2 Å². The maximum Gasteiger partial charge on any atom is 0.127 e. The highest BCUT2D eigenvalue weighted by Crippen LogP contribution is 2.45. The van der Waals surface area contributed by atoms with Crippen molar-refractivity contribution in [2.24, 2.45) is 0 Å². The molecule has 0 spiro atoms. The van der Waals surface area contributed by atoms with Crippen molar-refractivity contribution in [2.75, 3.05) is 6.54 Å². The van der Waals surface area contributed by atoms with Gasteiger partial charge in [-0.15, -0.1) is 0 Å². The minimum Gasteiger partial charge on any atom is -0.508 e. The second-order valence-corrected chi connectivity index (χ2v) is 7.56. The van der Waals surface area contributed by atoms with Crippen molar-refractivity contribution < 1.29 is 30.0 Å². The molecule has 7 nitrogen and oxygen atoms in total. The Morgan fingerprint density at radius 3 is 1.84 bits per heavy atom. The smallest absolute Gasteiger partial charge is 0.127 e. The van der Waals surface area contributed by atoms with Gasteiger partial charge in [0.05, 0.1) is 31.4 Å². The van der Waals surface area contributed by atoms with Crippen LogP contribution in [-0.4, -0.2) is 44.3 Å². The van der Waals surface area contributed by atoms with E-state index in [1.165, 1.54) is 0 Å². The van der Waals surface area contributed by atoms with Crippen molar-refractivity contribution in [3.63, 3.8) is 0 Å². The molecule has 0 radical (unpaired) electrons. The largest absolute Gasteiger partial charge is 0.508 e. The molecule has 0 amide bonds. The fraction of sp³-hybridized carbons (Fsp3) is 0.250. The van der Waals surface area contributed by atoms with E-state index in [4.69, 9.17) is 9.47 Å². The van der Waals surface area contributed by atoms with Gasteiger partial charge in [0.15, 0.2) is 0 Å². The maximum atomic E-state index is 10.7. The number of hydroxylamine groups is 2. The summed E-state index contributed by atoms with van der Waals surface area (Å²) < 4.78 is 12.2. The average molecular weight is 423 g/mol. The molecule has 4 rings (SSSR count). The first-order valence-corrected chi connectivity index (χ1v) is 10.0. The molecular formula is C24H25NO6. The quantitative estimate of drug-likeness (QED) is 0.459. The number of rotatable bonds is 7. The molecule has 7 heteroatoms. The zero-order chi connectivity index (χ0) is 21.8. The van der Waals surface area contributed by atoms with E-state index in [9.17, 15) is 20.5 Å². The van der Waals surface area contributed by atoms with Crippen LogP contribution in [-0.2, 0) is 22.7 Å². The van der Waals surface area contributed by atoms with Crippen LogP contribution in [0.1, 0.15) is 22.7 Å². The summed E-state index contributed by atoms with van der Waals surface area (Å²) in [4.78, 5) is 0. The molecule has 0 bridgehead atoms. The molecule has 3 atom stereocenters. The van der Waals surface area contributed by atoms with E-state index in [2.05, 4.69) is 0 Å². The maximum absolute atomic E-state index is 10.7. The number of hydrogen-bond donors (Lipinski definition) is 4. The van der Waals surface area contributed by atoms with E-state index in [0.717, 1.165) is 28.3 Å². The van der Waals surface area contributed by atoms with Crippen molar-refractivity contribution in [1.82, 2.24) is 5.06 Å². The van der Waals surface area contributed by atoms with E-state index >= 15 is 0 Å². The summed E-state index contributed by atoms with van der Waals surface area (Å²) in [7, 11) is 0. The van der Waals surface area contributed by atoms with Crippen molar-refractivity contribution in [2.45, 2.75) is 31.5 Å². The first-order chi connectivity index (χ1) is 15.0. The summed E-state index contributed by atoms with van der Waals surface area (Å²) in [6, 6.07) is 20.6. The fourth-order valence-corrected chi connectivity index (χ4v) is 3.89. The molecule has 1 saturated heterocycles. The Bertz CT molecular complexity index is 974. The van der Waals surface area contributed by atoms with Crippen LogP contribution in [0, 0.1) is 0 Å². The lowest BCUT2D eigenvalue weighted by Gasteiger charge is -2.27. The van der Waals surface area contributed by atoms with Gasteiger partial charge in [0, 0.05) is 12.1 Å². The molecule has 3 aromatic rings. The third-order valence-corrected chi connectivity index (χ3v) is 5.37. The van der Waals surface area contributed by atoms with Gasteiger partial charge >= 0.3 is 0 Å². The highest BCUT2D eigenvalue weighted by atomic mass is 16.6. The normalized spacial score (nSPS) is 21.4. The number of benzene rings is 3. The van der Waals surface area contributed by atoms with E-state index in [-0.39, 0.29) is 36.0 Å². The van der Waals surface area contributed by atoms with Gasteiger partial charge in [-0.3, -0.25) is 0 Å². The minimum absolute atomic E-state index is 0.0733. The standard InChI is InChI=1S/C24H25NO6/c26-18-11-19(27)22(20(28)12-18)23-24(31-15-17-9-5-2-6-10-17)21(13-25(23)29)30-14-16-7-3-1-4-8-16/h1-12,21,23-24,26-29H,13-15H2/t21-,23-,24+/m1/s1. The summed E-state index contributed by atoms with van der Waals surface area (Å²) >= 11 is 0. The van der Waals surface area contributed by atoms with Gasteiger partial charge < -0.3 is 30.0 Å². The highest BCUT2D eigenvalue weighted by molar-refractivity contribution is 5.51. The fourth-order valence-electron chi connectivity index (χ4n) is 3.89. The zero-order valence-electron chi connectivity index (χ0n) is 16.8. The van der Waals surface area contributed by atoms with E-state index in [0.29, 0.717) is 6.61 Å². The Balaban J connectivity index is 1.60. The molecule has 0 aromatic heterocycles. The molecule has 0 unspecified atom stereocenters.